The number of carbonyl (C=O) groups excluding carboxylic acids is 3. The molecule has 3 aliphatic rings. The number of likely N-dealkylation sites (tertiary alicyclic amines) is 1. The largest absolute Gasteiger partial charge is 0.494 e. The van der Waals surface area contributed by atoms with Crippen molar-refractivity contribution in [2.45, 2.75) is 101 Å². The van der Waals surface area contributed by atoms with Crippen LogP contribution in [0.2, 0.25) is 0 Å². The van der Waals surface area contributed by atoms with Crippen molar-refractivity contribution in [2.24, 2.45) is 0 Å². The molecule has 1 atom stereocenters. The molecule has 2 heterocycles. The lowest BCUT2D eigenvalue weighted by Gasteiger charge is -2.52. The summed E-state index contributed by atoms with van der Waals surface area (Å²) in [7, 11) is 3.47. The van der Waals surface area contributed by atoms with E-state index < -0.39 is 17.2 Å². The van der Waals surface area contributed by atoms with Gasteiger partial charge in [0.05, 0.1) is 12.2 Å². The number of amides is 3. The highest BCUT2D eigenvalue weighted by molar-refractivity contribution is 6.00. The number of aliphatic hydroxyl groups is 1. The molecule has 1 saturated carbocycles. The maximum absolute atomic E-state index is 13.7. The van der Waals surface area contributed by atoms with Gasteiger partial charge in [-0.3, -0.25) is 14.4 Å². The molecule has 2 aliphatic heterocycles. The number of nitrogens with zero attached hydrogens (tertiary/aromatic N) is 3. The summed E-state index contributed by atoms with van der Waals surface area (Å²) in [5, 5.41) is 14.2. The van der Waals surface area contributed by atoms with Crippen LogP contribution in [0, 0.1) is 0 Å². The quantitative estimate of drug-likeness (QED) is 0.349. The molecule has 1 spiro atoms. The average molecular weight is 607 g/mol. The van der Waals surface area contributed by atoms with Gasteiger partial charge < -0.3 is 29.9 Å². The van der Waals surface area contributed by atoms with E-state index in [2.05, 4.69) is 17.1 Å². The zero-order valence-electron chi connectivity index (χ0n) is 25.7. The van der Waals surface area contributed by atoms with Crippen molar-refractivity contribution in [1.82, 2.24) is 20.0 Å². The van der Waals surface area contributed by atoms with Gasteiger partial charge in [-0.15, -0.1) is 12.4 Å². The first-order chi connectivity index (χ1) is 19.7. The van der Waals surface area contributed by atoms with Gasteiger partial charge in [0.25, 0.3) is 5.91 Å². The van der Waals surface area contributed by atoms with Crippen LogP contribution in [0.1, 0.15) is 94.3 Å². The van der Waals surface area contributed by atoms with Crippen LogP contribution in [-0.4, -0.2) is 102 Å². The normalized spacial score (nSPS) is 21.9. The molecular weight excluding hydrogens is 556 g/mol. The fourth-order valence-corrected chi connectivity index (χ4v) is 6.67. The Morgan fingerprint density at radius 1 is 1.00 bits per heavy atom. The topological polar surface area (TPSA) is 102 Å². The molecule has 1 aliphatic carbocycles. The van der Waals surface area contributed by atoms with Crippen molar-refractivity contribution >= 4 is 30.1 Å². The van der Waals surface area contributed by atoms with E-state index in [-0.39, 0.29) is 30.1 Å². The molecule has 1 aromatic rings. The smallest absolute Gasteiger partial charge is 0.253 e. The predicted octanol–water partition coefficient (Wildman–Crippen LogP) is 4.02. The fraction of sp³-hybridized carbons (Fsp3) is 0.719. The Balaban J connectivity index is 0.00000484. The number of nitrogens with one attached hydrogen (secondary N) is 1. The van der Waals surface area contributed by atoms with E-state index in [0.717, 1.165) is 70.3 Å². The van der Waals surface area contributed by atoms with Gasteiger partial charge in [-0.25, -0.2) is 0 Å². The number of ether oxygens (including phenoxy) is 1. The lowest BCUT2D eigenvalue weighted by Crippen LogP contribution is -2.73. The molecule has 10 heteroatoms. The van der Waals surface area contributed by atoms with Crippen molar-refractivity contribution in [3.05, 3.63) is 29.8 Å². The molecule has 42 heavy (non-hydrogen) atoms. The van der Waals surface area contributed by atoms with Gasteiger partial charge in [-0.05, 0) is 75.8 Å². The molecule has 2 saturated heterocycles. The molecule has 0 bridgehead atoms. The first-order valence-electron chi connectivity index (χ1n) is 15.7. The van der Waals surface area contributed by atoms with Gasteiger partial charge in [0.15, 0.2) is 0 Å². The number of carbonyl (C=O) groups is 3. The molecular formula is C32H51ClN4O5. The summed E-state index contributed by atoms with van der Waals surface area (Å²) >= 11 is 0. The van der Waals surface area contributed by atoms with E-state index in [1.807, 2.05) is 17.0 Å². The van der Waals surface area contributed by atoms with E-state index in [1.165, 1.54) is 0 Å². The molecule has 2 N–H and O–H groups in total. The van der Waals surface area contributed by atoms with Crippen LogP contribution in [0.4, 0.5) is 0 Å². The number of piperazine rings is 1. The standard InChI is InChI=1S/C32H50N4O5.ClH/c1-4-5-20-36-29(38)27(24-31(40)15-7-6-8-16-31)33-30(39)32(36)17-21-35(22-18-32)19-9-10-23-41-26-13-11-25(12-14-26)28(37)34(2)3;/h11-14,27,40H,4-10,15-24H2,1-3H3,(H,33,39);1H/t27-;/m1./s1. The lowest BCUT2D eigenvalue weighted by molar-refractivity contribution is -0.163. The molecule has 0 aromatic heterocycles. The third-order valence-electron chi connectivity index (χ3n) is 9.24. The third-order valence-corrected chi connectivity index (χ3v) is 9.24. The Hall–Kier alpha value is -2.36. The minimum absolute atomic E-state index is 0. The summed E-state index contributed by atoms with van der Waals surface area (Å²) in [4.78, 5) is 45.2. The Morgan fingerprint density at radius 2 is 1.67 bits per heavy atom. The second-order valence-corrected chi connectivity index (χ2v) is 12.5. The fourth-order valence-electron chi connectivity index (χ4n) is 6.67. The van der Waals surface area contributed by atoms with Gasteiger partial charge in [0.1, 0.15) is 17.3 Å². The zero-order valence-corrected chi connectivity index (χ0v) is 26.6. The second-order valence-electron chi connectivity index (χ2n) is 12.5. The first kappa shape index (κ1) is 34.1. The summed E-state index contributed by atoms with van der Waals surface area (Å²) in [5.74, 6) is 0.682. The molecule has 3 amide bonds. The summed E-state index contributed by atoms with van der Waals surface area (Å²) in [6, 6.07) is 6.62. The average Bonchev–Trinajstić information content (AvgIpc) is 2.97. The number of rotatable bonds is 12. The number of unbranched alkanes of at least 4 members (excludes halogenated alkanes) is 2. The van der Waals surface area contributed by atoms with E-state index in [0.29, 0.717) is 50.8 Å². The van der Waals surface area contributed by atoms with E-state index in [9.17, 15) is 19.5 Å². The van der Waals surface area contributed by atoms with E-state index >= 15 is 0 Å². The maximum atomic E-state index is 13.7. The molecule has 1 aromatic carbocycles. The highest BCUT2D eigenvalue weighted by atomic mass is 35.5. The highest BCUT2D eigenvalue weighted by Gasteiger charge is 2.54. The van der Waals surface area contributed by atoms with Crippen molar-refractivity contribution in [2.75, 3.05) is 46.9 Å². The second kappa shape index (κ2) is 15.4. The van der Waals surface area contributed by atoms with Gasteiger partial charge in [-0.1, -0.05) is 32.6 Å². The van der Waals surface area contributed by atoms with Crippen LogP contribution in [0.25, 0.3) is 0 Å². The summed E-state index contributed by atoms with van der Waals surface area (Å²) in [5.41, 5.74) is -0.990. The van der Waals surface area contributed by atoms with E-state index in [4.69, 9.17) is 4.74 Å². The van der Waals surface area contributed by atoms with Gasteiger partial charge in [0.2, 0.25) is 11.8 Å². The van der Waals surface area contributed by atoms with Crippen LogP contribution in [0.3, 0.4) is 0 Å². The van der Waals surface area contributed by atoms with E-state index in [1.54, 1.807) is 31.1 Å². The molecule has 0 radical (unpaired) electrons. The van der Waals surface area contributed by atoms with Crippen molar-refractivity contribution in [3.63, 3.8) is 0 Å². The SMILES string of the molecule is CCCCN1C(=O)[C@@H](CC2(O)CCCCC2)NC(=O)C12CCN(CCCCOc1ccc(C(=O)N(C)C)cc1)CC2.Cl. The predicted molar refractivity (Wildman–Crippen MR) is 166 cm³/mol. The van der Waals surface area contributed by atoms with Crippen LogP contribution >= 0.6 is 12.4 Å². The molecule has 4 rings (SSSR count). The zero-order chi connectivity index (χ0) is 29.5. The molecule has 9 nitrogen and oxygen atoms in total. The number of halogens is 1. The van der Waals surface area contributed by atoms with Gasteiger partial charge in [-0.2, -0.15) is 0 Å². The maximum Gasteiger partial charge on any atom is 0.253 e. The van der Waals surface area contributed by atoms with Crippen molar-refractivity contribution in [1.29, 1.82) is 0 Å². The Morgan fingerprint density at radius 3 is 2.29 bits per heavy atom. The van der Waals surface area contributed by atoms with Gasteiger partial charge >= 0.3 is 0 Å². The number of hydrogen-bond acceptors (Lipinski definition) is 6. The van der Waals surface area contributed by atoms with Crippen LogP contribution < -0.4 is 10.1 Å². The molecule has 3 fully saturated rings. The minimum atomic E-state index is -0.853. The summed E-state index contributed by atoms with van der Waals surface area (Å²) < 4.78 is 5.87. The van der Waals surface area contributed by atoms with Crippen LogP contribution in [-0.2, 0) is 9.59 Å². The lowest BCUT2D eigenvalue weighted by atomic mass is 9.77. The Kier molecular flexibility index (Phi) is 12.5. The summed E-state index contributed by atoms with van der Waals surface area (Å²) in [6.07, 6.45) is 9.81. The van der Waals surface area contributed by atoms with Crippen molar-refractivity contribution < 1.29 is 24.2 Å². The minimum Gasteiger partial charge on any atom is -0.494 e. The van der Waals surface area contributed by atoms with Crippen molar-refractivity contribution in [3.8, 4) is 5.75 Å². The summed E-state index contributed by atoms with van der Waals surface area (Å²) in [6.45, 7) is 5.79. The Labute approximate surface area is 257 Å². The number of piperidine rings is 1. The number of hydrogen-bond donors (Lipinski definition) is 2. The third kappa shape index (κ3) is 8.17. The molecule has 0 unspecified atom stereocenters. The number of benzene rings is 1. The van der Waals surface area contributed by atoms with Gasteiger partial charge in [0, 0.05) is 45.7 Å². The van der Waals surface area contributed by atoms with Crippen LogP contribution in [0.15, 0.2) is 24.3 Å². The highest BCUT2D eigenvalue weighted by Crippen LogP contribution is 2.37. The monoisotopic (exact) mass is 606 g/mol. The first-order valence-corrected chi connectivity index (χ1v) is 15.7. The molecule has 236 valence electrons. The van der Waals surface area contributed by atoms with Crippen LogP contribution in [0.5, 0.6) is 5.75 Å². The Bertz CT molecular complexity index is 1040.